The number of benzene rings is 2. The molecule has 0 saturated carbocycles. The van der Waals surface area contributed by atoms with Crippen molar-refractivity contribution in [2.24, 2.45) is 0 Å². The normalized spacial score (nSPS) is 12.9. The topological polar surface area (TPSA) is 63.7 Å². The van der Waals surface area contributed by atoms with Gasteiger partial charge in [-0.25, -0.2) is 0 Å². The Morgan fingerprint density at radius 1 is 1.09 bits per heavy atom. The second kappa shape index (κ2) is 10.8. The Labute approximate surface area is 187 Å². The molecule has 2 aromatic carbocycles. The maximum absolute atomic E-state index is 12.9. The summed E-state index contributed by atoms with van der Waals surface area (Å²) in [6.45, 7) is 6.37. The van der Waals surface area contributed by atoms with E-state index in [-0.39, 0.29) is 17.7 Å². The third-order valence-electron chi connectivity index (χ3n) is 5.12. The fourth-order valence-corrected chi connectivity index (χ4v) is 4.01. The first-order valence-electron chi connectivity index (χ1n) is 10.5. The molecule has 0 aliphatic rings. The lowest BCUT2D eigenvalue weighted by atomic mass is 10.1. The highest BCUT2D eigenvalue weighted by atomic mass is 32.2. The van der Waals surface area contributed by atoms with Gasteiger partial charge in [-0.05, 0) is 55.7 Å². The number of alkyl halides is 3. The molecule has 2 rings (SSSR count). The molecule has 0 heterocycles. The molecule has 1 amide bonds. The zero-order valence-corrected chi connectivity index (χ0v) is 19.2. The third kappa shape index (κ3) is 6.98. The number of hydrogen-bond acceptors (Lipinski definition) is 4. The van der Waals surface area contributed by atoms with Crippen LogP contribution >= 0.6 is 0 Å². The minimum Gasteiger partial charge on any atom is -0.379 e. The van der Waals surface area contributed by atoms with Crippen LogP contribution < -0.4 is 4.18 Å². The van der Waals surface area contributed by atoms with Crippen molar-refractivity contribution in [2.75, 3.05) is 0 Å². The average Bonchev–Trinajstić information content (AvgIpc) is 2.75. The molecule has 5 nitrogen and oxygen atoms in total. The van der Waals surface area contributed by atoms with E-state index in [4.69, 9.17) is 4.18 Å². The van der Waals surface area contributed by atoms with Gasteiger partial charge in [0.15, 0.2) is 0 Å². The van der Waals surface area contributed by atoms with Gasteiger partial charge in [-0.15, -0.1) is 0 Å². The summed E-state index contributed by atoms with van der Waals surface area (Å²) in [5, 5.41) is 0. The molecular formula is C23H28F3NO4S. The van der Waals surface area contributed by atoms with Gasteiger partial charge in [0.05, 0.1) is 5.56 Å². The Balaban J connectivity index is 2.15. The number of halogens is 3. The zero-order chi connectivity index (χ0) is 23.9. The molecule has 0 radical (unpaired) electrons. The summed E-state index contributed by atoms with van der Waals surface area (Å²) in [5.74, 6) is 0.0345. The van der Waals surface area contributed by atoms with Crippen LogP contribution in [-0.4, -0.2) is 25.3 Å². The summed E-state index contributed by atoms with van der Waals surface area (Å²) < 4.78 is 68.5. The second-order valence-corrected chi connectivity index (χ2v) is 9.14. The van der Waals surface area contributed by atoms with E-state index in [1.54, 1.807) is 17.0 Å². The fraction of sp³-hybridized carbons (Fsp3) is 0.435. The molecule has 1 atom stereocenters. The van der Waals surface area contributed by atoms with E-state index in [9.17, 15) is 26.4 Å². The van der Waals surface area contributed by atoms with Crippen LogP contribution in [0.4, 0.5) is 13.2 Å². The lowest BCUT2D eigenvalue weighted by molar-refractivity contribution is -0.137. The Kier molecular flexibility index (Phi) is 8.72. The van der Waals surface area contributed by atoms with Crippen LogP contribution in [0.2, 0.25) is 0 Å². The number of nitrogens with zero attached hydrogens (tertiary/aromatic N) is 1. The monoisotopic (exact) mass is 471 g/mol. The smallest absolute Gasteiger partial charge is 0.379 e. The third-order valence-corrected chi connectivity index (χ3v) is 6.36. The van der Waals surface area contributed by atoms with Crippen LogP contribution in [0, 0.1) is 0 Å². The summed E-state index contributed by atoms with van der Waals surface area (Å²) in [5.41, 5.74) is -0.283. The van der Waals surface area contributed by atoms with Crippen molar-refractivity contribution in [1.82, 2.24) is 4.90 Å². The van der Waals surface area contributed by atoms with Crippen molar-refractivity contribution in [3.8, 4) is 5.75 Å². The molecule has 0 aliphatic heterocycles. The van der Waals surface area contributed by atoms with Crippen LogP contribution in [-0.2, 0) is 27.6 Å². The predicted molar refractivity (Wildman–Crippen MR) is 116 cm³/mol. The Hall–Kier alpha value is -2.55. The van der Waals surface area contributed by atoms with Gasteiger partial charge in [-0.2, -0.15) is 21.6 Å². The molecule has 0 bridgehead atoms. The van der Waals surface area contributed by atoms with Gasteiger partial charge >= 0.3 is 16.3 Å². The van der Waals surface area contributed by atoms with Gasteiger partial charge in [0, 0.05) is 19.0 Å². The molecule has 9 heteroatoms. The maximum atomic E-state index is 12.9. The number of amides is 1. The quantitative estimate of drug-likeness (QED) is 0.412. The summed E-state index contributed by atoms with van der Waals surface area (Å²) in [7, 11) is -4.44. The minimum absolute atomic E-state index is 0.0291. The number of hydrogen-bond donors (Lipinski definition) is 0. The molecule has 0 aromatic heterocycles. The summed E-state index contributed by atoms with van der Waals surface area (Å²) >= 11 is 0. The van der Waals surface area contributed by atoms with Gasteiger partial charge in [0.1, 0.15) is 10.6 Å². The van der Waals surface area contributed by atoms with Crippen LogP contribution in [0.1, 0.15) is 57.6 Å². The van der Waals surface area contributed by atoms with E-state index in [0.717, 1.165) is 43.0 Å². The molecule has 0 spiro atoms. The zero-order valence-electron chi connectivity index (χ0n) is 18.4. The SMILES string of the molecule is CCCCC(=O)N(Cc1ccc(OS(=O)(=O)c2cccc(C(F)(F)F)c2)cc1)C(C)CC. The summed E-state index contributed by atoms with van der Waals surface area (Å²) in [4.78, 5) is 13.8. The molecule has 0 fully saturated rings. The van der Waals surface area contributed by atoms with E-state index in [1.165, 1.54) is 12.1 Å². The standard InChI is InChI=1S/C23H28F3NO4S/c1-4-6-10-22(28)27(17(3)5-2)16-18-11-13-20(14-12-18)31-32(29,30)21-9-7-8-19(15-21)23(24,25)26/h7-9,11-15,17H,4-6,10,16H2,1-3H3. The largest absolute Gasteiger partial charge is 0.416 e. The van der Waals surface area contributed by atoms with Gasteiger partial charge < -0.3 is 9.08 Å². The second-order valence-electron chi connectivity index (χ2n) is 7.59. The molecular weight excluding hydrogens is 443 g/mol. The number of carbonyl (C=O) groups excluding carboxylic acids is 1. The highest BCUT2D eigenvalue weighted by Crippen LogP contribution is 2.31. The fourth-order valence-electron chi connectivity index (χ4n) is 3.03. The number of unbranched alkanes of at least 4 members (excludes halogenated alkanes) is 1. The molecule has 176 valence electrons. The lowest BCUT2D eigenvalue weighted by Gasteiger charge is -2.29. The highest BCUT2D eigenvalue weighted by molar-refractivity contribution is 7.87. The molecule has 0 saturated heterocycles. The molecule has 1 unspecified atom stereocenters. The van der Waals surface area contributed by atoms with E-state index in [1.807, 2.05) is 20.8 Å². The van der Waals surface area contributed by atoms with Gasteiger partial charge in [0.2, 0.25) is 5.91 Å². The number of rotatable bonds is 10. The molecule has 0 aliphatic carbocycles. The lowest BCUT2D eigenvalue weighted by Crippen LogP contribution is -2.37. The van der Waals surface area contributed by atoms with Crippen molar-refractivity contribution in [3.63, 3.8) is 0 Å². The van der Waals surface area contributed by atoms with E-state index in [2.05, 4.69) is 0 Å². The van der Waals surface area contributed by atoms with Crippen LogP contribution in [0.3, 0.4) is 0 Å². The molecule has 2 aromatic rings. The first-order valence-corrected chi connectivity index (χ1v) is 11.9. The van der Waals surface area contributed by atoms with Crippen LogP contribution in [0.15, 0.2) is 53.4 Å². The number of carbonyl (C=O) groups is 1. The first kappa shape index (κ1) is 25.7. The van der Waals surface area contributed by atoms with E-state index in [0.29, 0.717) is 19.0 Å². The summed E-state index contributed by atoms with van der Waals surface area (Å²) in [6.07, 6.45) is -1.66. The van der Waals surface area contributed by atoms with Crippen LogP contribution in [0.5, 0.6) is 5.75 Å². The minimum atomic E-state index is -4.66. The van der Waals surface area contributed by atoms with Gasteiger partial charge in [-0.1, -0.05) is 38.5 Å². The van der Waals surface area contributed by atoms with Crippen molar-refractivity contribution >= 4 is 16.0 Å². The van der Waals surface area contributed by atoms with E-state index < -0.39 is 26.8 Å². The first-order chi connectivity index (χ1) is 15.0. The molecule has 32 heavy (non-hydrogen) atoms. The van der Waals surface area contributed by atoms with Gasteiger partial charge in [-0.3, -0.25) is 4.79 Å². The van der Waals surface area contributed by atoms with Crippen molar-refractivity contribution in [2.45, 2.75) is 70.1 Å². The Bertz CT molecular complexity index is 1000. The Morgan fingerprint density at radius 2 is 1.75 bits per heavy atom. The summed E-state index contributed by atoms with van der Waals surface area (Å²) in [6, 6.07) is 9.56. The van der Waals surface area contributed by atoms with E-state index >= 15 is 0 Å². The average molecular weight is 472 g/mol. The predicted octanol–water partition coefficient (Wildman–Crippen LogP) is 5.79. The Morgan fingerprint density at radius 3 is 2.31 bits per heavy atom. The van der Waals surface area contributed by atoms with Crippen LogP contribution in [0.25, 0.3) is 0 Å². The van der Waals surface area contributed by atoms with Crippen molar-refractivity contribution in [3.05, 3.63) is 59.7 Å². The molecule has 0 N–H and O–H groups in total. The highest BCUT2D eigenvalue weighted by Gasteiger charge is 2.32. The van der Waals surface area contributed by atoms with Gasteiger partial charge in [0.25, 0.3) is 0 Å². The van der Waals surface area contributed by atoms with Crippen molar-refractivity contribution in [1.29, 1.82) is 0 Å². The maximum Gasteiger partial charge on any atom is 0.416 e. The van der Waals surface area contributed by atoms with Crippen molar-refractivity contribution < 1.29 is 30.6 Å².